The molecular weight excluding hydrogens is 412 g/mol. The van der Waals surface area contributed by atoms with Crippen molar-refractivity contribution in [2.75, 3.05) is 0 Å². The number of carboxylic acid groups (broad SMARTS) is 1. The standard InChI is InChI=1S/C26H25F2NO3/c1-17(26(31)32)11-24(29-25(30)15-19-12-22(27)16-23(28)13-19)14-18-7-9-21(10-8-18)20-5-3-2-4-6-20/h2-10,12-13,16-17,24H,11,14-15H2,1H3,(H,29,30)(H,31,32). The lowest BCUT2D eigenvalue weighted by Gasteiger charge is -2.21. The molecule has 3 aromatic carbocycles. The predicted octanol–water partition coefficient (Wildman–Crippen LogP) is 5.01. The number of carbonyl (C=O) groups is 2. The van der Waals surface area contributed by atoms with Crippen LogP contribution in [-0.4, -0.2) is 23.0 Å². The van der Waals surface area contributed by atoms with Crippen molar-refractivity contribution in [2.24, 2.45) is 5.92 Å². The largest absolute Gasteiger partial charge is 0.481 e. The molecule has 0 aliphatic rings. The van der Waals surface area contributed by atoms with Gasteiger partial charge in [-0.2, -0.15) is 0 Å². The van der Waals surface area contributed by atoms with Crippen LogP contribution in [0.15, 0.2) is 72.8 Å². The van der Waals surface area contributed by atoms with Gasteiger partial charge in [0.25, 0.3) is 0 Å². The molecule has 2 unspecified atom stereocenters. The fraction of sp³-hybridized carbons (Fsp3) is 0.231. The van der Waals surface area contributed by atoms with Crippen LogP contribution >= 0.6 is 0 Å². The normalized spacial score (nSPS) is 12.7. The molecule has 0 saturated carbocycles. The van der Waals surface area contributed by atoms with Crippen LogP contribution in [0.25, 0.3) is 11.1 Å². The van der Waals surface area contributed by atoms with Crippen molar-refractivity contribution >= 4 is 11.9 Å². The van der Waals surface area contributed by atoms with Gasteiger partial charge in [-0.15, -0.1) is 0 Å². The molecule has 1 amide bonds. The summed E-state index contributed by atoms with van der Waals surface area (Å²) < 4.78 is 26.8. The zero-order chi connectivity index (χ0) is 23.1. The van der Waals surface area contributed by atoms with Gasteiger partial charge in [-0.25, -0.2) is 8.78 Å². The van der Waals surface area contributed by atoms with E-state index in [1.54, 1.807) is 6.92 Å². The first-order valence-corrected chi connectivity index (χ1v) is 10.4. The number of nitrogens with one attached hydrogen (secondary N) is 1. The zero-order valence-electron chi connectivity index (χ0n) is 17.7. The van der Waals surface area contributed by atoms with E-state index in [4.69, 9.17) is 0 Å². The van der Waals surface area contributed by atoms with E-state index in [-0.39, 0.29) is 18.4 Å². The fourth-order valence-electron chi connectivity index (χ4n) is 3.65. The first-order chi connectivity index (χ1) is 15.3. The molecule has 0 saturated heterocycles. The van der Waals surface area contributed by atoms with Gasteiger partial charge in [-0.3, -0.25) is 9.59 Å². The Labute approximate surface area is 185 Å². The van der Waals surface area contributed by atoms with Gasteiger partial charge in [0.15, 0.2) is 0 Å². The molecule has 0 spiro atoms. The van der Waals surface area contributed by atoms with Crippen LogP contribution < -0.4 is 5.32 Å². The number of hydrogen-bond donors (Lipinski definition) is 2. The molecule has 3 rings (SSSR count). The maximum absolute atomic E-state index is 13.4. The average molecular weight is 437 g/mol. The molecule has 4 nitrogen and oxygen atoms in total. The van der Waals surface area contributed by atoms with Gasteiger partial charge >= 0.3 is 5.97 Å². The highest BCUT2D eigenvalue weighted by molar-refractivity contribution is 5.79. The minimum Gasteiger partial charge on any atom is -0.481 e. The highest BCUT2D eigenvalue weighted by atomic mass is 19.1. The van der Waals surface area contributed by atoms with Crippen LogP contribution in [0, 0.1) is 17.6 Å². The van der Waals surface area contributed by atoms with Crippen molar-refractivity contribution in [3.8, 4) is 11.1 Å². The summed E-state index contributed by atoms with van der Waals surface area (Å²) in [6, 6.07) is 20.3. The van der Waals surface area contributed by atoms with Crippen molar-refractivity contribution in [2.45, 2.75) is 32.2 Å². The second kappa shape index (κ2) is 10.7. The molecule has 3 aromatic rings. The van der Waals surface area contributed by atoms with Gasteiger partial charge in [0, 0.05) is 12.1 Å². The highest BCUT2D eigenvalue weighted by Crippen LogP contribution is 2.21. The van der Waals surface area contributed by atoms with E-state index >= 15 is 0 Å². The third kappa shape index (κ3) is 6.74. The van der Waals surface area contributed by atoms with Gasteiger partial charge in [-0.1, -0.05) is 61.5 Å². The van der Waals surface area contributed by atoms with Crippen LogP contribution in [0.5, 0.6) is 0 Å². The Morgan fingerprint density at radius 1 is 0.875 bits per heavy atom. The maximum atomic E-state index is 13.4. The number of aliphatic carboxylic acids is 1. The fourth-order valence-corrected chi connectivity index (χ4v) is 3.65. The van der Waals surface area contributed by atoms with E-state index in [2.05, 4.69) is 5.32 Å². The van der Waals surface area contributed by atoms with Crippen LogP contribution in [0.4, 0.5) is 8.78 Å². The molecule has 2 N–H and O–H groups in total. The summed E-state index contributed by atoms with van der Waals surface area (Å²) in [5.74, 6) is -3.52. The summed E-state index contributed by atoms with van der Waals surface area (Å²) in [6.45, 7) is 1.59. The molecule has 32 heavy (non-hydrogen) atoms. The van der Waals surface area contributed by atoms with E-state index in [9.17, 15) is 23.5 Å². The zero-order valence-corrected chi connectivity index (χ0v) is 17.7. The molecule has 6 heteroatoms. The predicted molar refractivity (Wildman–Crippen MR) is 119 cm³/mol. The third-order valence-electron chi connectivity index (χ3n) is 5.25. The minimum atomic E-state index is -0.948. The van der Waals surface area contributed by atoms with Gasteiger partial charge in [0.05, 0.1) is 12.3 Å². The van der Waals surface area contributed by atoms with Gasteiger partial charge < -0.3 is 10.4 Å². The van der Waals surface area contributed by atoms with Gasteiger partial charge in [0.1, 0.15) is 11.6 Å². The summed E-state index contributed by atoms with van der Waals surface area (Å²) in [7, 11) is 0. The molecule has 0 fully saturated rings. The Morgan fingerprint density at radius 3 is 2.06 bits per heavy atom. The van der Waals surface area contributed by atoms with Crippen molar-refractivity contribution in [1.82, 2.24) is 5.32 Å². The topological polar surface area (TPSA) is 66.4 Å². The van der Waals surface area contributed by atoms with Crippen molar-refractivity contribution in [3.05, 3.63) is 95.6 Å². The van der Waals surface area contributed by atoms with Crippen LogP contribution in [-0.2, 0) is 22.4 Å². The summed E-state index contributed by atoms with van der Waals surface area (Å²) in [5.41, 5.74) is 3.31. The van der Waals surface area contributed by atoms with E-state index in [1.165, 1.54) is 0 Å². The lowest BCUT2D eigenvalue weighted by Crippen LogP contribution is -2.39. The Bertz CT molecular complexity index is 1050. The number of carboxylic acids is 1. The molecule has 0 radical (unpaired) electrons. The Morgan fingerprint density at radius 2 is 1.47 bits per heavy atom. The molecule has 2 atom stereocenters. The lowest BCUT2D eigenvalue weighted by molar-refractivity contribution is -0.141. The smallest absolute Gasteiger partial charge is 0.306 e. The Kier molecular flexibility index (Phi) is 7.71. The second-order valence-corrected chi connectivity index (χ2v) is 7.96. The first-order valence-electron chi connectivity index (χ1n) is 10.4. The van der Waals surface area contributed by atoms with Gasteiger partial charge in [0.2, 0.25) is 5.91 Å². The highest BCUT2D eigenvalue weighted by Gasteiger charge is 2.21. The van der Waals surface area contributed by atoms with Gasteiger partial charge in [-0.05, 0) is 47.2 Å². The summed E-state index contributed by atoms with van der Waals surface area (Å²) >= 11 is 0. The quantitative estimate of drug-likeness (QED) is 0.494. The number of benzene rings is 3. The second-order valence-electron chi connectivity index (χ2n) is 7.96. The minimum absolute atomic E-state index is 0.195. The third-order valence-corrected chi connectivity index (χ3v) is 5.25. The Balaban J connectivity index is 1.70. The Hall–Kier alpha value is -3.54. The monoisotopic (exact) mass is 437 g/mol. The number of rotatable bonds is 9. The van der Waals surface area contributed by atoms with Crippen LogP contribution in [0.2, 0.25) is 0 Å². The number of hydrogen-bond acceptors (Lipinski definition) is 2. The maximum Gasteiger partial charge on any atom is 0.306 e. The van der Waals surface area contributed by atoms with E-state index in [0.717, 1.165) is 34.9 Å². The van der Waals surface area contributed by atoms with E-state index in [1.807, 2.05) is 54.6 Å². The van der Waals surface area contributed by atoms with Crippen molar-refractivity contribution in [3.63, 3.8) is 0 Å². The molecular formula is C26H25F2NO3. The number of halogens is 2. The molecule has 0 aliphatic heterocycles. The molecule has 0 bridgehead atoms. The summed E-state index contributed by atoms with van der Waals surface area (Å²) in [5, 5.41) is 12.1. The number of carbonyl (C=O) groups excluding carboxylic acids is 1. The molecule has 0 aliphatic carbocycles. The van der Waals surface area contributed by atoms with E-state index < -0.39 is 35.5 Å². The molecule has 0 heterocycles. The average Bonchev–Trinajstić information content (AvgIpc) is 2.74. The SMILES string of the molecule is CC(CC(Cc1ccc(-c2ccccc2)cc1)NC(=O)Cc1cc(F)cc(F)c1)C(=O)O. The van der Waals surface area contributed by atoms with E-state index in [0.29, 0.717) is 6.42 Å². The van der Waals surface area contributed by atoms with Crippen LogP contribution in [0.1, 0.15) is 24.5 Å². The van der Waals surface area contributed by atoms with Crippen molar-refractivity contribution < 1.29 is 23.5 Å². The number of amides is 1. The summed E-state index contributed by atoms with van der Waals surface area (Å²) in [4.78, 5) is 23.9. The first kappa shape index (κ1) is 23.1. The molecule has 0 aromatic heterocycles. The summed E-state index contributed by atoms with van der Waals surface area (Å²) in [6.07, 6.45) is 0.481. The molecule has 166 valence electrons. The van der Waals surface area contributed by atoms with Crippen LogP contribution in [0.3, 0.4) is 0 Å². The lowest BCUT2D eigenvalue weighted by atomic mass is 9.94. The van der Waals surface area contributed by atoms with Crippen molar-refractivity contribution in [1.29, 1.82) is 0 Å².